The van der Waals surface area contributed by atoms with Gasteiger partial charge in [0.25, 0.3) is 11.8 Å². The third-order valence-electron chi connectivity index (χ3n) is 5.81. The molecule has 3 rings (SSSR count). The predicted octanol–water partition coefficient (Wildman–Crippen LogP) is 2.60. The average molecular weight is 441 g/mol. The maximum Gasteiger partial charge on any atom is 0.292 e. The van der Waals surface area contributed by atoms with Crippen LogP contribution in [0.3, 0.4) is 0 Å². The lowest BCUT2D eigenvalue weighted by molar-refractivity contribution is -0.149. The highest BCUT2D eigenvalue weighted by Crippen LogP contribution is 2.30. The Bertz CT molecular complexity index is 987. The molecule has 1 aliphatic rings. The number of nitrogens with zero attached hydrogens (tertiary/aromatic N) is 2. The standard InChI is InChI=1S/C24H29FN4O3/c1-4-29(5-2)16-18-6-10-19(11-7-18)24(27-15-21(30)22(31)28(24)3)23(32)26-14-17-8-12-20(25)13-9-17/h6-13,15,27,30H,4-5,14,16H2,1-3H3,(H,26,32). The van der Waals surface area contributed by atoms with E-state index >= 15 is 0 Å². The van der Waals surface area contributed by atoms with Crippen LogP contribution in [0.5, 0.6) is 0 Å². The molecule has 0 saturated heterocycles. The van der Waals surface area contributed by atoms with Crippen LogP contribution in [-0.4, -0.2) is 46.9 Å². The van der Waals surface area contributed by atoms with E-state index in [9.17, 15) is 19.1 Å². The van der Waals surface area contributed by atoms with Gasteiger partial charge in [0.15, 0.2) is 5.76 Å². The van der Waals surface area contributed by atoms with Crippen LogP contribution in [0.2, 0.25) is 0 Å². The minimum atomic E-state index is -1.54. The molecule has 0 fully saturated rings. The zero-order valence-electron chi connectivity index (χ0n) is 18.6. The van der Waals surface area contributed by atoms with Gasteiger partial charge in [0.05, 0.1) is 0 Å². The van der Waals surface area contributed by atoms with E-state index in [4.69, 9.17) is 0 Å². The molecule has 0 aromatic heterocycles. The van der Waals surface area contributed by atoms with E-state index in [-0.39, 0.29) is 12.4 Å². The van der Waals surface area contributed by atoms with E-state index in [0.29, 0.717) is 11.1 Å². The molecule has 7 nitrogen and oxygen atoms in total. The number of nitrogens with one attached hydrogen (secondary N) is 2. The number of likely N-dealkylation sites (N-methyl/N-ethyl adjacent to an activating group) is 1. The highest BCUT2D eigenvalue weighted by molar-refractivity contribution is 5.99. The summed E-state index contributed by atoms with van der Waals surface area (Å²) in [5.41, 5.74) is 0.809. The second-order valence-corrected chi connectivity index (χ2v) is 7.72. The normalized spacial score (nSPS) is 18.3. The van der Waals surface area contributed by atoms with Gasteiger partial charge in [-0.3, -0.25) is 14.5 Å². The first-order chi connectivity index (χ1) is 15.3. The Kier molecular flexibility index (Phi) is 7.15. The highest BCUT2D eigenvalue weighted by atomic mass is 19.1. The van der Waals surface area contributed by atoms with Gasteiger partial charge in [0.1, 0.15) is 5.82 Å². The van der Waals surface area contributed by atoms with Crippen LogP contribution in [0, 0.1) is 5.82 Å². The minimum Gasteiger partial charge on any atom is -0.502 e. The third-order valence-corrected chi connectivity index (χ3v) is 5.81. The molecular formula is C24H29FN4O3. The number of halogens is 1. The zero-order chi connectivity index (χ0) is 23.3. The zero-order valence-corrected chi connectivity index (χ0v) is 18.6. The van der Waals surface area contributed by atoms with Crippen molar-refractivity contribution >= 4 is 11.8 Å². The molecule has 1 aliphatic heterocycles. The Morgan fingerprint density at radius 3 is 2.28 bits per heavy atom. The smallest absolute Gasteiger partial charge is 0.292 e. The first kappa shape index (κ1) is 23.3. The van der Waals surface area contributed by atoms with Gasteiger partial charge in [-0.1, -0.05) is 50.2 Å². The molecule has 3 N–H and O–H groups in total. The van der Waals surface area contributed by atoms with Crippen LogP contribution < -0.4 is 10.6 Å². The van der Waals surface area contributed by atoms with E-state index in [1.807, 2.05) is 24.3 Å². The van der Waals surface area contributed by atoms with Crippen LogP contribution in [0.4, 0.5) is 4.39 Å². The van der Waals surface area contributed by atoms with E-state index in [0.717, 1.165) is 31.4 Å². The predicted molar refractivity (Wildman–Crippen MR) is 120 cm³/mol. The van der Waals surface area contributed by atoms with Crippen molar-refractivity contribution in [2.24, 2.45) is 0 Å². The van der Waals surface area contributed by atoms with Gasteiger partial charge in [-0.05, 0) is 36.3 Å². The molecule has 2 aromatic carbocycles. The molecule has 2 aromatic rings. The van der Waals surface area contributed by atoms with Gasteiger partial charge >= 0.3 is 0 Å². The van der Waals surface area contributed by atoms with Gasteiger partial charge in [0, 0.05) is 31.9 Å². The summed E-state index contributed by atoms with van der Waals surface area (Å²) in [6, 6.07) is 13.3. The summed E-state index contributed by atoms with van der Waals surface area (Å²) in [7, 11) is 1.46. The second-order valence-electron chi connectivity index (χ2n) is 7.72. The summed E-state index contributed by atoms with van der Waals surface area (Å²) < 4.78 is 13.2. The van der Waals surface area contributed by atoms with Crippen molar-refractivity contribution < 1.29 is 19.1 Å². The first-order valence-corrected chi connectivity index (χ1v) is 10.6. The summed E-state index contributed by atoms with van der Waals surface area (Å²) in [6.07, 6.45) is 1.14. The van der Waals surface area contributed by atoms with Gasteiger partial charge in [-0.15, -0.1) is 0 Å². The van der Waals surface area contributed by atoms with Crippen molar-refractivity contribution in [3.05, 3.63) is 83.0 Å². The van der Waals surface area contributed by atoms with Crippen molar-refractivity contribution in [1.29, 1.82) is 0 Å². The molecule has 170 valence electrons. The summed E-state index contributed by atoms with van der Waals surface area (Å²) in [5.74, 6) is -1.99. The fourth-order valence-electron chi connectivity index (χ4n) is 3.75. The number of hydrogen-bond acceptors (Lipinski definition) is 5. The van der Waals surface area contributed by atoms with E-state index in [1.54, 1.807) is 12.1 Å². The number of carbonyl (C=O) groups is 2. The molecule has 32 heavy (non-hydrogen) atoms. The first-order valence-electron chi connectivity index (χ1n) is 10.6. The molecule has 8 heteroatoms. The van der Waals surface area contributed by atoms with Crippen molar-refractivity contribution in [2.45, 2.75) is 32.6 Å². The average Bonchev–Trinajstić information content (AvgIpc) is 2.81. The molecule has 1 atom stereocenters. The molecule has 0 radical (unpaired) electrons. The molecule has 0 aliphatic carbocycles. The fourth-order valence-corrected chi connectivity index (χ4v) is 3.75. The number of rotatable bonds is 8. The number of benzene rings is 2. The number of hydrogen-bond donors (Lipinski definition) is 3. The van der Waals surface area contributed by atoms with Crippen molar-refractivity contribution in [2.75, 3.05) is 20.1 Å². The second kappa shape index (κ2) is 9.82. The lowest BCUT2D eigenvalue weighted by atomic mass is 9.93. The van der Waals surface area contributed by atoms with Crippen molar-refractivity contribution in [3.8, 4) is 0 Å². The highest BCUT2D eigenvalue weighted by Gasteiger charge is 2.49. The summed E-state index contributed by atoms with van der Waals surface area (Å²) in [6.45, 7) is 6.99. The van der Waals surface area contributed by atoms with Crippen molar-refractivity contribution in [3.63, 3.8) is 0 Å². The number of aliphatic hydroxyl groups is 1. The topological polar surface area (TPSA) is 84.9 Å². The van der Waals surface area contributed by atoms with Crippen molar-refractivity contribution in [1.82, 2.24) is 20.4 Å². The van der Waals surface area contributed by atoms with Crippen LogP contribution in [-0.2, 0) is 28.3 Å². The van der Waals surface area contributed by atoms with Gasteiger partial charge in [0.2, 0.25) is 5.66 Å². The molecule has 1 heterocycles. The SMILES string of the molecule is CCN(CC)Cc1ccc(C2(C(=O)NCc3ccc(F)cc3)NC=C(O)C(=O)N2C)cc1. The van der Waals surface area contributed by atoms with E-state index in [1.165, 1.54) is 24.1 Å². The van der Waals surface area contributed by atoms with Crippen LogP contribution >= 0.6 is 0 Å². The molecule has 0 bridgehead atoms. The lowest BCUT2D eigenvalue weighted by Crippen LogP contribution is -2.65. The molecular weight excluding hydrogens is 411 g/mol. The van der Waals surface area contributed by atoms with Crippen LogP contribution in [0.1, 0.15) is 30.5 Å². The van der Waals surface area contributed by atoms with Gasteiger partial charge in [-0.2, -0.15) is 0 Å². The summed E-state index contributed by atoms with van der Waals surface area (Å²) in [5, 5.41) is 15.6. The van der Waals surface area contributed by atoms with Gasteiger partial charge < -0.3 is 20.6 Å². The fraction of sp³-hybridized carbons (Fsp3) is 0.333. The Labute approximate surface area is 187 Å². The van der Waals surface area contributed by atoms with Crippen LogP contribution in [0.25, 0.3) is 0 Å². The Hall–Kier alpha value is -3.39. The third kappa shape index (κ3) is 4.60. The molecule has 0 saturated carbocycles. The van der Waals surface area contributed by atoms with Crippen LogP contribution in [0.15, 0.2) is 60.5 Å². The summed E-state index contributed by atoms with van der Waals surface area (Å²) >= 11 is 0. The molecule has 1 unspecified atom stereocenters. The Morgan fingerprint density at radius 2 is 1.69 bits per heavy atom. The largest absolute Gasteiger partial charge is 0.502 e. The Balaban J connectivity index is 1.90. The molecule has 2 amide bonds. The number of carbonyl (C=O) groups excluding carboxylic acids is 2. The quantitative estimate of drug-likeness (QED) is 0.588. The number of aliphatic hydroxyl groups excluding tert-OH is 1. The Morgan fingerprint density at radius 1 is 1.09 bits per heavy atom. The minimum absolute atomic E-state index is 0.153. The summed E-state index contributed by atoms with van der Waals surface area (Å²) in [4.78, 5) is 29.4. The lowest BCUT2D eigenvalue weighted by Gasteiger charge is -2.43. The molecule has 0 spiro atoms. The van der Waals surface area contributed by atoms with E-state index < -0.39 is 23.2 Å². The maximum atomic E-state index is 13.4. The van der Waals surface area contributed by atoms with Gasteiger partial charge in [-0.25, -0.2) is 4.39 Å². The number of amides is 2. The monoisotopic (exact) mass is 440 g/mol. The maximum absolute atomic E-state index is 13.4. The van der Waals surface area contributed by atoms with E-state index in [2.05, 4.69) is 29.4 Å².